The van der Waals surface area contributed by atoms with Crippen molar-refractivity contribution in [1.29, 1.82) is 5.26 Å². The van der Waals surface area contributed by atoms with Gasteiger partial charge in [-0.25, -0.2) is 8.42 Å². The quantitative estimate of drug-likeness (QED) is 0.840. The average molecular weight is 348 g/mol. The van der Waals surface area contributed by atoms with Crippen LogP contribution in [-0.2, 0) is 10.0 Å². The molecule has 0 aliphatic carbocycles. The molecular formula is C13H15Cl2N3O2S. The highest BCUT2D eigenvalue weighted by Crippen LogP contribution is 2.27. The molecule has 21 heavy (non-hydrogen) atoms. The van der Waals surface area contributed by atoms with Gasteiger partial charge in [-0.3, -0.25) is 4.90 Å². The van der Waals surface area contributed by atoms with Gasteiger partial charge >= 0.3 is 0 Å². The first-order valence-electron chi connectivity index (χ1n) is 6.45. The van der Waals surface area contributed by atoms with E-state index in [1.165, 1.54) is 22.5 Å². The highest BCUT2D eigenvalue weighted by atomic mass is 35.5. The standard InChI is InChI=1S/C13H15Cl2N3O2S/c1-10(9-16)17-4-6-18(7-5-17)21(19,20)11-2-3-12(14)13(15)8-11/h2-3,8,10H,4-7H2,1H3/t10-/m0/s1. The van der Waals surface area contributed by atoms with Gasteiger partial charge in [-0.1, -0.05) is 23.2 Å². The Kier molecular flexibility index (Phi) is 5.12. The Balaban J connectivity index is 2.15. The Morgan fingerprint density at radius 2 is 1.81 bits per heavy atom. The molecule has 5 nitrogen and oxygen atoms in total. The third kappa shape index (κ3) is 3.50. The summed E-state index contributed by atoms with van der Waals surface area (Å²) in [6.07, 6.45) is 0. The summed E-state index contributed by atoms with van der Waals surface area (Å²) < 4.78 is 26.5. The summed E-state index contributed by atoms with van der Waals surface area (Å²) in [7, 11) is -3.58. The minimum Gasteiger partial charge on any atom is -0.286 e. The second-order valence-electron chi connectivity index (χ2n) is 4.82. The molecule has 0 amide bonds. The van der Waals surface area contributed by atoms with Crippen molar-refractivity contribution in [2.45, 2.75) is 17.9 Å². The molecule has 0 bridgehead atoms. The Bertz CT molecular complexity index is 664. The highest BCUT2D eigenvalue weighted by Gasteiger charge is 2.30. The van der Waals surface area contributed by atoms with Gasteiger partial charge in [0.2, 0.25) is 10.0 Å². The number of nitrogens with zero attached hydrogens (tertiary/aromatic N) is 3. The molecular weight excluding hydrogens is 333 g/mol. The third-order valence-corrected chi connectivity index (χ3v) is 6.17. The fourth-order valence-electron chi connectivity index (χ4n) is 2.20. The predicted molar refractivity (Wildman–Crippen MR) is 81.9 cm³/mol. The number of benzene rings is 1. The summed E-state index contributed by atoms with van der Waals surface area (Å²) in [5, 5.41) is 9.44. The summed E-state index contributed by atoms with van der Waals surface area (Å²) in [6, 6.07) is 6.24. The summed E-state index contributed by atoms with van der Waals surface area (Å²) in [5.41, 5.74) is 0. The van der Waals surface area contributed by atoms with Crippen molar-refractivity contribution in [3.05, 3.63) is 28.2 Å². The molecule has 0 spiro atoms. The molecule has 1 aliphatic rings. The van der Waals surface area contributed by atoms with Gasteiger partial charge in [-0.15, -0.1) is 0 Å². The van der Waals surface area contributed by atoms with Gasteiger partial charge in [-0.05, 0) is 25.1 Å². The van der Waals surface area contributed by atoms with Crippen molar-refractivity contribution in [3.63, 3.8) is 0 Å². The van der Waals surface area contributed by atoms with Gasteiger partial charge in [0.15, 0.2) is 0 Å². The van der Waals surface area contributed by atoms with E-state index in [2.05, 4.69) is 6.07 Å². The van der Waals surface area contributed by atoms with Gasteiger partial charge in [0, 0.05) is 26.2 Å². The average Bonchev–Trinajstić information content (AvgIpc) is 2.49. The second kappa shape index (κ2) is 6.51. The first kappa shape index (κ1) is 16.5. The monoisotopic (exact) mass is 347 g/mol. The van der Waals surface area contributed by atoms with Crippen LogP contribution in [0.2, 0.25) is 10.0 Å². The molecule has 0 radical (unpaired) electrons. The molecule has 0 aromatic heterocycles. The van der Waals surface area contributed by atoms with E-state index in [0.29, 0.717) is 31.2 Å². The zero-order valence-electron chi connectivity index (χ0n) is 11.5. The third-order valence-electron chi connectivity index (χ3n) is 3.54. The number of piperazine rings is 1. The molecule has 1 aliphatic heterocycles. The van der Waals surface area contributed by atoms with E-state index in [9.17, 15) is 8.42 Å². The van der Waals surface area contributed by atoms with E-state index in [1.54, 1.807) is 0 Å². The maximum atomic E-state index is 12.5. The van der Waals surface area contributed by atoms with Crippen LogP contribution in [0.4, 0.5) is 0 Å². The maximum Gasteiger partial charge on any atom is 0.243 e. The minimum atomic E-state index is -3.58. The smallest absolute Gasteiger partial charge is 0.243 e. The van der Waals surface area contributed by atoms with Gasteiger partial charge in [-0.2, -0.15) is 9.57 Å². The summed E-state index contributed by atoms with van der Waals surface area (Å²) in [5.74, 6) is 0. The lowest BCUT2D eigenvalue weighted by molar-refractivity contribution is 0.169. The fraction of sp³-hybridized carbons (Fsp3) is 0.462. The van der Waals surface area contributed by atoms with Gasteiger partial charge in [0.25, 0.3) is 0 Å². The van der Waals surface area contributed by atoms with Crippen LogP contribution < -0.4 is 0 Å². The molecule has 1 heterocycles. The van der Waals surface area contributed by atoms with Gasteiger partial charge in [0.1, 0.15) is 0 Å². The van der Waals surface area contributed by atoms with Gasteiger partial charge < -0.3 is 0 Å². The predicted octanol–water partition coefficient (Wildman–Crippen LogP) is 2.21. The van der Waals surface area contributed by atoms with Crippen molar-refractivity contribution in [2.24, 2.45) is 0 Å². The van der Waals surface area contributed by atoms with E-state index in [0.717, 1.165) is 0 Å². The van der Waals surface area contributed by atoms with Crippen molar-refractivity contribution in [2.75, 3.05) is 26.2 Å². The molecule has 2 rings (SSSR count). The Morgan fingerprint density at radius 1 is 1.19 bits per heavy atom. The first-order valence-corrected chi connectivity index (χ1v) is 8.64. The van der Waals surface area contributed by atoms with Crippen molar-refractivity contribution in [3.8, 4) is 6.07 Å². The van der Waals surface area contributed by atoms with Crippen LogP contribution in [0.3, 0.4) is 0 Å². The molecule has 0 saturated carbocycles. The molecule has 114 valence electrons. The molecule has 1 saturated heterocycles. The number of hydrogen-bond donors (Lipinski definition) is 0. The molecule has 8 heteroatoms. The number of sulfonamides is 1. The molecule has 0 unspecified atom stereocenters. The summed E-state index contributed by atoms with van der Waals surface area (Å²) in [4.78, 5) is 2.10. The number of nitriles is 1. The van der Waals surface area contributed by atoms with Crippen molar-refractivity contribution in [1.82, 2.24) is 9.21 Å². The number of rotatable bonds is 3. The van der Waals surface area contributed by atoms with E-state index < -0.39 is 10.0 Å². The topological polar surface area (TPSA) is 64.4 Å². The van der Waals surface area contributed by atoms with E-state index in [-0.39, 0.29) is 16.0 Å². The zero-order chi connectivity index (χ0) is 15.6. The van der Waals surface area contributed by atoms with Crippen LogP contribution in [0.15, 0.2) is 23.1 Å². The largest absolute Gasteiger partial charge is 0.286 e. The van der Waals surface area contributed by atoms with E-state index in [1.807, 2.05) is 11.8 Å². The normalized spacial score (nSPS) is 19.1. The molecule has 1 atom stereocenters. The lowest BCUT2D eigenvalue weighted by atomic mass is 10.2. The molecule has 1 aromatic rings. The first-order chi connectivity index (χ1) is 9.86. The van der Waals surface area contributed by atoms with Crippen LogP contribution in [0.5, 0.6) is 0 Å². The number of hydrogen-bond acceptors (Lipinski definition) is 4. The van der Waals surface area contributed by atoms with Crippen LogP contribution in [-0.4, -0.2) is 49.8 Å². The fourth-order valence-corrected chi connectivity index (χ4v) is 4.01. The van der Waals surface area contributed by atoms with Crippen LogP contribution in [0, 0.1) is 11.3 Å². The van der Waals surface area contributed by atoms with Gasteiger partial charge in [0.05, 0.1) is 27.1 Å². The highest BCUT2D eigenvalue weighted by molar-refractivity contribution is 7.89. The molecule has 0 N–H and O–H groups in total. The SMILES string of the molecule is C[C@@H](C#N)N1CCN(S(=O)(=O)c2ccc(Cl)c(Cl)c2)CC1. The van der Waals surface area contributed by atoms with Crippen LogP contribution >= 0.6 is 23.2 Å². The Hall–Kier alpha value is -0.840. The Labute approximate surface area is 134 Å². The number of halogens is 2. The lowest BCUT2D eigenvalue weighted by Crippen LogP contribution is -2.50. The Morgan fingerprint density at radius 3 is 2.33 bits per heavy atom. The molecule has 1 fully saturated rings. The van der Waals surface area contributed by atoms with E-state index in [4.69, 9.17) is 28.5 Å². The molecule has 1 aromatic carbocycles. The zero-order valence-corrected chi connectivity index (χ0v) is 13.8. The van der Waals surface area contributed by atoms with E-state index >= 15 is 0 Å². The van der Waals surface area contributed by atoms with Crippen molar-refractivity contribution < 1.29 is 8.42 Å². The summed E-state index contributed by atoms with van der Waals surface area (Å²) >= 11 is 11.7. The maximum absolute atomic E-state index is 12.5. The van der Waals surface area contributed by atoms with Crippen LogP contribution in [0.25, 0.3) is 0 Å². The minimum absolute atomic E-state index is 0.138. The van der Waals surface area contributed by atoms with Crippen molar-refractivity contribution >= 4 is 33.2 Å². The summed E-state index contributed by atoms with van der Waals surface area (Å²) in [6.45, 7) is 3.59. The van der Waals surface area contributed by atoms with Crippen LogP contribution in [0.1, 0.15) is 6.92 Å². The second-order valence-corrected chi connectivity index (χ2v) is 7.57. The lowest BCUT2D eigenvalue weighted by Gasteiger charge is -2.35.